The third-order valence-electron chi connectivity index (χ3n) is 3.42. The van der Waals surface area contributed by atoms with Gasteiger partial charge < -0.3 is 10.4 Å². The second-order valence-electron chi connectivity index (χ2n) is 4.42. The molecule has 0 aromatic rings. The summed E-state index contributed by atoms with van der Waals surface area (Å²) in [5, 5.41) is 13.1. The molecule has 0 atom stereocenters. The molecule has 15 heavy (non-hydrogen) atoms. The van der Waals surface area contributed by atoms with Crippen LogP contribution in [0.2, 0.25) is 0 Å². The van der Waals surface area contributed by atoms with E-state index in [-0.39, 0.29) is 11.7 Å². The zero-order valence-electron chi connectivity index (χ0n) is 8.88. The maximum absolute atomic E-state index is 11.7. The first-order chi connectivity index (χ1) is 7.19. The standard InChI is InChI=1S/C12H17NO2/c1-2-6-9-10(14)12(13-11(9)15)7-4-3-5-8-12/h2,14H,1,3-8H2,(H,13,15). The summed E-state index contributed by atoms with van der Waals surface area (Å²) in [6.45, 7) is 3.60. The van der Waals surface area contributed by atoms with Crippen molar-refractivity contribution in [1.82, 2.24) is 5.32 Å². The third kappa shape index (κ3) is 1.56. The van der Waals surface area contributed by atoms with Crippen LogP contribution in [0, 0.1) is 0 Å². The smallest absolute Gasteiger partial charge is 0.251 e. The zero-order chi connectivity index (χ0) is 10.9. The SMILES string of the molecule is C=CCC1=C(O)C2(CCCCC2)NC1=O. The molecular formula is C12H17NO2. The van der Waals surface area contributed by atoms with Gasteiger partial charge in [0.2, 0.25) is 0 Å². The van der Waals surface area contributed by atoms with Gasteiger partial charge in [-0.3, -0.25) is 4.79 Å². The molecule has 2 aliphatic rings. The van der Waals surface area contributed by atoms with Gasteiger partial charge in [0.25, 0.3) is 5.91 Å². The molecule has 1 aliphatic heterocycles. The van der Waals surface area contributed by atoms with Crippen molar-refractivity contribution in [3.05, 3.63) is 24.0 Å². The lowest BCUT2D eigenvalue weighted by Gasteiger charge is -2.33. The van der Waals surface area contributed by atoms with E-state index in [4.69, 9.17) is 0 Å². The number of allylic oxidation sites excluding steroid dienone is 1. The number of carbonyl (C=O) groups is 1. The van der Waals surface area contributed by atoms with Crippen LogP contribution in [0.1, 0.15) is 38.5 Å². The summed E-state index contributed by atoms with van der Waals surface area (Å²) in [7, 11) is 0. The van der Waals surface area contributed by atoms with Crippen molar-refractivity contribution in [2.75, 3.05) is 0 Å². The summed E-state index contributed by atoms with van der Waals surface area (Å²) in [5.74, 6) is 0.154. The number of carbonyl (C=O) groups excluding carboxylic acids is 1. The van der Waals surface area contributed by atoms with E-state index in [0.717, 1.165) is 25.7 Å². The van der Waals surface area contributed by atoms with Crippen LogP contribution >= 0.6 is 0 Å². The average molecular weight is 207 g/mol. The lowest BCUT2D eigenvalue weighted by Crippen LogP contribution is -2.46. The van der Waals surface area contributed by atoms with E-state index < -0.39 is 5.54 Å². The van der Waals surface area contributed by atoms with Crippen LogP contribution in [-0.4, -0.2) is 16.6 Å². The third-order valence-corrected chi connectivity index (χ3v) is 3.42. The fourth-order valence-corrected chi connectivity index (χ4v) is 2.60. The summed E-state index contributed by atoms with van der Waals surface area (Å²) >= 11 is 0. The minimum atomic E-state index is -0.437. The van der Waals surface area contributed by atoms with Crippen LogP contribution < -0.4 is 5.32 Å². The Morgan fingerprint density at radius 1 is 1.40 bits per heavy atom. The van der Waals surface area contributed by atoms with E-state index in [1.165, 1.54) is 6.42 Å². The lowest BCUT2D eigenvalue weighted by molar-refractivity contribution is -0.118. The van der Waals surface area contributed by atoms with E-state index in [1.54, 1.807) is 6.08 Å². The largest absolute Gasteiger partial charge is 0.509 e. The number of hydrogen-bond donors (Lipinski definition) is 2. The van der Waals surface area contributed by atoms with Crippen LogP contribution in [0.15, 0.2) is 24.0 Å². The van der Waals surface area contributed by atoms with E-state index >= 15 is 0 Å². The maximum atomic E-state index is 11.7. The van der Waals surface area contributed by atoms with Crippen LogP contribution in [0.4, 0.5) is 0 Å². The molecule has 3 nitrogen and oxygen atoms in total. The first-order valence-corrected chi connectivity index (χ1v) is 5.55. The van der Waals surface area contributed by atoms with E-state index in [1.807, 2.05) is 0 Å². The monoisotopic (exact) mass is 207 g/mol. The van der Waals surface area contributed by atoms with E-state index in [2.05, 4.69) is 11.9 Å². The van der Waals surface area contributed by atoms with Crippen molar-refractivity contribution < 1.29 is 9.90 Å². The van der Waals surface area contributed by atoms with Gasteiger partial charge in [-0.1, -0.05) is 25.3 Å². The highest BCUT2D eigenvalue weighted by molar-refractivity contribution is 5.98. The van der Waals surface area contributed by atoms with E-state index in [0.29, 0.717) is 12.0 Å². The Labute approximate surface area is 89.9 Å². The number of amides is 1. The van der Waals surface area contributed by atoms with Gasteiger partial charge >= 0.3 is 0 Å². The zero-order valence-corrected chi connectivity index (χ0v) is 8.88. The fraction of sp³-hybridized carbons (Fsp3) is 0.583. The highest BCUT2D eigenvalue weighted by atomic mass is 16.3. The topological polar surface area (TPSA) is 49.3 Å². The Morgan fingerprint density at radius 3 is 2.67 bits per heavy atom. The predicted octanol–water partition coefficient (Wildman–Crippen LogP) is 2.21. The second-order valence-corrected chi connectivity index (χ2v) is 4.42. The molecule has 0 unspecified atom stereocenters. The van der Waals surface area contributed by atoms with Crippen molar-refractivity contribution in [3.63, 3.8) is 0 Å². The molecule has 1 fully saturated rings. The molecular weight excluding hydrogens is 190 g/mol. The van der Waals surface area contributed by atoms with E-state index in [9.17, 15) is 9.90 Å². The number of hydrogen-bond acceptors (Lipinski definition) is 2. The molecule has 1 spiro atoms. The quantitative estimate of drug-likeness (QED) is 0.682. The molecule has 1 aliphatic carbocycles. The molecule has 1 heterocycles. The van der Waals surface area contributed by atoms with Gasteiger partial charge in [0.15, 0.2) is 0 Å². The Balaban J connectivity index is 2.29. The second kappa shape index (κ2) is 3.72. The van der Waals surface area contributed by atoms with Gasteiger partial charge in [-0.05, 0) is 19.3 Å². The predicted molar refractivity (Wildman–Crippen MR) is 58.4 cm³/mol. The van der Waals surface area contributed by atoms with Gasteiger partial charge in [0, 0.05) is 0 Å². The van der Waals surface area contributed by atoms with Gasteiger partial charge in [-0.25, -0.2) is 0 Å². The molecule has 82 valence electrons. The Morgan fingerprint density at radius 2 is 2.07 bits per heavy atom. The molecule has 0 bridgehead atoms. The summed E-state index contributed by atoms with van der Waals surface area (Å²) < 4.78 is 0. The maximum Gasteiger partial charge on any atom is 0.251 e. The highest BCUT2D eigenvalue weighted by Gasteiger charge is 2.45. The average Bonchev–Trinajstić information content (AvgIpc) is 2.45. The first-order valence-electron chi connectivity index (χ1n) is 5.55. The molecule has 1 amide bonds. The molecule has 3 heteroatoms. The summed E-state index contributed by atoms with van der Waals surface area (Å²) in [6, 6.07) is 0. The van der Waals surface area contributed by atoms with Crippen molar-refractivity contribution in [3.8, 4) is 0 Å². The van der Waals surface area contributed by atoms with Crippen LogP contribution in [0.5, 0.6) is 0 Å². The van der Waals surface area contributed by atoms with Crippen molar-refractivity contribution in [2.45, 2.75) is 44.1 Å². The van der Waals surface area contributed by atoms with Gasteiger partial charge in [-0.15, -0.1) is 6.58 Å². The highest BCUT2D eigenvalue weighted by Crippen LogP contribution is 2.38. The number of nitrogens with one attached hydrogen (secondary N) is 1. The van der Waals surface area contributed by atoms with Crippen LogP contribution in [0.25, 0.3) is 0 Å². The van der Waals surface area contributed by atoms with Crippen molar-refractivity contribution in [1.29, 1.82) is 0 Å². The first kappa shape index (κ1) is 10.3. The normalized spacial score (nSPS) is 24.4. The number of aliphatic hydroxyl groups is 1. The Hall–Kier alpha value is -1.25. The van der Waals surface area contributed by atoms with Gasteiger partial charge in [0.05, 0.1) is 11.1 Å². The van der Waals surface area contributed by atoms with Crippen LogP contribution in [0.3, 0.4) is 0 Å². The summed E-state index contributed by atoms with van der Waals surface area (Å²) in [4.78, 5) is 11.7. The number of rotatable bonds is 2. The molecule has 1 saturated carbocycles. The molecule has 0 saturated heterocycles. The van der Waals surface area contributed by atoms with Gasteiger partial charge in [-0.2, -0.15) is 0 Å². The minimum Gasteiger partial charge on any atom is -0.509 e. The summed E-state index contributed by atoms with van der Waals surface area (Å²) in [5.41, 5.74) is 0.0696. The molecule has 0 radical (unpaired) electrons. The van der Waals surface area contributed by atoms with Crippen molar-refractivity contribution >= 4 is 5.91 Å². The summed E-state index contributed by atoms with van der Waals surface area (Å²) in [6.07, 6.45) is 7.20. The number of aliphatic hydroxyl groups excluding tert-OH is 1. The van der Waals surface area contributed by atoms with Crippen LogP contribution in [-0.2, 0) is 4.79 Å². The molecule has 2 rings (SSSR count). The fourth-order valence-electron chi connectivity index (χ4n) is 2.60. The Kier molecular flexibility index (Phi) is 2.55. The Bertz CT molecular complexity index is 325. The van der Waals surface area contributed by atoms with Gasteiger partial charge in [0.1, 0.15) is 5.76 Å². The lowest BCUT2D eigenvalue weighted by atomic mass is 9.81. The minimum absolute atomic E-state index is 0.116. The molecule has 0 aromatic carbocycles. The van der Waals surface area contributed by atoms with Crippen molar-refractivity contribution in [2.24, 2.45) is 0 Å². The molecule has 2 N–H and O–H groups in total. The molecule has 0 aromatic heterocycles.